The van der Waals surface area contributed by atoms with Crippen LogP contribution in [0.15, 0.2) is 93.9 Å². The highest BCUT2D eigenvalue weighted by Gasteiger charge is 2.61. The van der Waals surface area contributed by atoms with E-state index >= 15 is 0 Å². The van der Waals surface area contributed by atoms with Gasteiger partial charge in [-0.1, -0.05) is 0 Å². The number of anilines is 12. The molecule has 21 rings (SSSR count). The molecule has 0 aliphatic carbocycles. The molecule has 9 aromatic rings. The van der Waals surface area contributed by atoms with Gasteiger partial charge in [0.15, 0.2) is 11.6 Å². The molecule has 21 heterocycles. The summed E-state index contributed by atoms with van der Waals surface area (Å²) in [5.74, 6) is 10.9. The lowest BCUT2D eigenvalue weighted by Crippen LogP contribution is -2.37. The third kappa shape index (κ3) is 4.75. The Bertz CT molecular complexity index is 3360. The van der Waals surface area contributed by atoms with Crippen molar-refractivity contribution in [3.63, 3.8) is 0 Å². The molecule has 0 bridgehead atoms. The van der Waals surface area contributed by atoms with Crippen LogP contribution in [-0.4, -0.2) is 126 Å². The summed E-state index contributed by atoms with van der Waals surface area (Å²) in [7, 11) is 0. The van der Waals surface area contributed by atoms with Crippen molar-refractivity contribution in [3.8, 4) is 0 Å². The molecule has 0 saturated carbocycles. The monoisotopic (exact) mass is 984 g/mol. The number of hydrogen-bond acceptors (Lipinski definition) is 24. The van der Waals surface area contributed by atoms with E-state index in [0.717, 1.165) is 131 Å². The lowest BCUT2D eigenvalue weighted by molar-refractivity contribution is 0.499. The van der Waals surface area contributed by atoms with Gasteiger partial charge in [0.05, 0.1) is 82.8 Å². The average molecular weight is 985 g/mol. The van der Waals surface area contributed by atoms with Crippen LogP contribution in [0.1, 0.15) is 68.3 Å². The highest BCUT2D eigenvalue weighted by Crippen LogP contribution is 2.64. The molecule has 0 N–H and O–H groups in total. The third-order valence-corrected chi connectivity index (χ3v) is 17.8. The molecule has 0 amide bonds. The van der Waals surface area contributed by atoms with E-state index in [1.54, 1.807) is 69.1 Å². The van der Waals surface area contributed by atoms with Crippen LogP contribution in [-0.2, 0) is 38.5 Å². The van der Waals surface area contributed by atoms with E-state index in [4.69, 9.17) is 0 Å². The van der Waals surface area contributed by atoms with Gasteiger partial charge in [-0.05, 0) is 12.8 Å². The van der Waals surface area contributed by atoms with Crippen LogP contribution in [0.25, 0.3) is 0 Å². The summed E-state index contributed by atoms with van der Waals surface area (Å²) in [6.45, 7) is 0. The first-order valence-electron chi connectivity index (χ1n) is 25.3. The molecular weight excluding hydrogens is 949 g/mol. The largest absolute Gasteiger partial charge is 0.319 e. The van der Waals surface area contributed by atoms with Crippen molar-refractivity contribution in [3.05, 3.63) is 144 Å². The van der Waals surface area contributed by atoms with Crippen molar-refractivity contribution in [1.29, 1.82) is 0 Å². The molecule has 6 unspecified atom stereocenters. The highest BCUT2D eigenvalue weighted by atomic mass is 15.4. The highest BCUT2D eigenvalue weighted by molar-refractivity contribution is 5.88. The van der Waals surface area contributed by atoms with E-state index in [1.165, 1.54) is 27.8 Å². The van der Waals surface area contributed by atoms with Gasteiger partial charge < -0.3 is 29.4 Å². The summed E-state index contributed by atoms with van der Waals surface area (Å²) >= 11 is 0. The zero-order valence-corrected chi connectivity index (χ0v) is 39.3. The van der Waals surface area contributed by atoms with Crippen molar-refractivity contribution >= 4 is 69.6 Å². The molecule has 24 heteroatoms. The lowest BCUT2D eigenvalue weighted by atomic mass is 9.88. The second-order valence-corrected chi connectivity index (χ2v) is 20.8. The minimum Gasteiger partial charge on any atom is -0.319 e. The second-order valence-electron chi connectivity index (χ2n) is 20.8. The van der Waals surface area contributed by atoms with E-state index in [2.05, 4.69) is 119 Å². The van der Waals surface area contributed by atoms with Gasteiger partial charge in [-0.2, -0.15) is 0 Å². The smallest absolute Gasteiger partial charge is 0.156 e. The topological polar surface area (TPSA) is 251 Å². The van der Waals surface area contributed by atoms with Gasteiger partial charge in [0.1, 0.15) is 90.8 Å². The summed E-state index contributed by atoms with van der Waals surface area (Å²) in [6, 6.07) is 1.91. The van der Waals surface area contributed by atoms with Gasteiger partial charge in [0.2, 0.25) is 0 Å². The Balaban J connectivity index is 0.0000000865. The second kappa shape index (κ2) is 13.8. The first-order valence-corrected chi connectivity index (χ1v) is 25.3. The lowest BCUT2D eigenvalue weighted by Gasteiger charge is -2.28. The molecule has 0 saturated heterocycles. The standard InChI is InChI=1S/3C17H12N8/c1-8-12(3-18-5-20-8)24-10(1)14-11-2-9-13(4-19-6-21-9)25(11)17-15(14)16(24)22-7-23-17;1-8-3-18-5-20-14(8)24-10(1)12-11-2-9-4-19-6-21-15(9)25(11)17-13(12)16(24)22-7-23-17;1-3-20-14-8(18-1)5-10-12-11-6-9-15(21-4-2-19-9)25(11)17-13(12)16(24(10)14)22-7-23-17/h3-7,10-11,14H,1-2H2;3-7,10-12H,1-2H2;1-4,7,10-12H,5-6H2. The molecule has 6 atom stereocenters. The maximum Gasteiger partial charge on any atom is 0.156 e. The summed E-state index contributed by atoms with van der Waals surface area (Å²) in [5, 5.41) is 0. The molecule has 9 aromatic heterocycles. The van der Waals surface area contributed by atoms with Gasteiger partial charge in [-0.3, -0.25) is 9.97 Å². The maximum atomic E-state index is 4.64. The zero-order chi connectivity index (χ0) is 48.4. The van der Waals surface area contributed by atoms with Gasteiger partial charge in [0, 0.05) is 108 Å². The van der Waals surface area contributed by atoms with Crippen LogP contribution in [0.2, 0.25) is 0 Å². The fraction of sp³-hybridized carbons (Fsp3) is 0.294. The zero-order valence-electron chi connectivity index (χ0n) is 39.3. The predicted octanol–water partition coefficient (Wildman–Crippen LogP) is 3.88. The fourth-order valence-electron chi connectivity index (χ4n) is 15.4. The Hall–Kier alpha value is -9.48. The number of fused-ring (bicyclic) bond motifs is 30. The normalized spacial score (nSPS) is 26.3. The van der Waals surface area contributed by atoms with Crippen LogP contribution in [0.5, 0.6) is 0 Å². The Morgan fingerprint density at radius 2 is 0.587 bits per heavy atom. The summed E-state index contributed by atoms with van der Waals surface area (Å²) < 4.78 is 0. The number of aromatic nitrogens is 18. The molecule has 75 heavy (non-hydrogen) atoms. The van der Waals surface area contributed by atoms with Gasteiger partial charge in [0.25, 0.3) is 0 Å². The number of rotatable bonds is 0. The first-order chi connectivity index (χ1) is 37.2. The van der Waals surface area contributed by atoms with Gasteiger partial charge in [-0.25, -0.2) is 79.7 Å². The van der Waals surface area contributed by atoms with E-state index < -0.39 is 0 Å². The number of nitrogens with zero attached hydrogens (tertiary/aromatic N) is 24. The van der Waals surface area contributed by atoms with Crippen molar-refractivity contribution < 1.29 is 0 Å². The Morgan fingerprint density at radius 3 is 1.03 bits per heavy atom. The Kier molecular flexibility index (Phi) is 7.18. The SMILES string of the molecule is c1cnc2c(n1)CC1C3c4c(ncnc4N4c5nccnc5CC34)N21.c1ncc2c(n1)CC1C3c4c(ncnc4N4c5cncnc5CC34)N21.c1ncc2c(n1)N1c3ncnc4c3C(C1C2)C1Cc2cncnc2N41. The molecule has 0 spiro atoms. The predicted molar refractivity (Wildman–Crippen MR) is 264 cm³/mol. The molecule has 0 fully saturated rings. The van der Waals surface area contributed by atoms with E-state index in [0.29, 0.717) is 54.0 Å². The summed E-state index contributed by atoms with van der Waals surface area (Å²) in [5.41, 5.74) is 12.7. The summed E-state index contributed by atoms with van der Waals surface area (Å²) in [4.78, 5) is 94.7. The Morgan fingerprint density at radius 1 is 0.267 bits per heavy atom. The number of hydrogen-bond donors (Lipinski definition) is 0. The van der Waals surface area contributed by atoms with Crippen LogP contribution in [0.3, 0.4) is 0 Å². The van der Waals surface area contributed by atoms with E-state index in [1.807, 2.05) is 24.8 Å². The van der Waals surface area contributed by atoms with Crippen molar-refractivity contribution in [2.45, 2.75) is 92.5 Å². The maximum absolute atomic E-state index is 4.64. The van der Waals surface area contributed by atoms with Crippen molar-refractivity contribution in [1.82, 2.24) is 89.7 Å². The molecule has 0 radical (unpaired) electrons. The molecule has 0 aromatic carbocycles. The first kappa shape index (κ1) is 39.1. The molecule has 360 valence electrons. The minimum absolute atomic E-state index is 0.298. The van der Waals surface area contributed by atoms with E-state index in [-0.39, 0.29) is 0 Å². The molecular formula is C51H36N24. The Labute approximate surface area is 424 Å². The third-order valence-electron chi connectivity index (χ3n) is 17.8. The fourth-order valence-corrected chi connectivity index (χ4v) is 15.4. The minimum atomic E-state index is 0.298. The quantitative estimate of drug-likeness (QED) is 0.209. The van der Waals surface area contributed by atoms with Crippen molar-refractivity contribution in [2.24, 2.45) is 0 Å². The molecule has 12 aliphatic heterocycles. The van der Waals surface area contributed by atoms with Gasteiger partial charge in [-0.15, -0.1) is 0 Å². The molecule has 12 aliphatic rings. The van der Waals surface area contributed by atoms with Crippen LogP contribution >= 0.6 is 0 Å². The van der Waals surface area contributed by atoms with Crippen LogP contribution in [0, 0.1) is 0 Å². The van der Waals surface area contributed by atoms with Crippen molar-refractivity contribution in [2.75, 3.05) is 29.4 Å². The molecule has 24 nitrogen and oxygen atoms in total. The van der Waals surface area contributed by atoms with Gasteiger partial charge >= 0.3 is 0 Å². The van der Waals surface area contributed by atoms with Crippen LogP contribution < -0.4 is 29.4 Å². The van der Waals surface area contributed by atoms with Crippen LogP contribution in [0.4, 0.5) is 69.6 Å². The summed E-state index contributed by atoms with van der Waals surface area (Å²) in [6.07, 6.45) is 31.8. The average Bonchev–Trinajstić information content (AvgIpc) is 4.31. The van der Waals surface area contributed by atoms with E-state index in [9.17, 15) is 0 Å².